The van der Waals surface area contributed by atoms with Crippen LogP contribution in [0.4, 0.5) is 11.7 Å². The number of hydrogen-bond acceptors (Lipinski definition) is 6. The van der Waals surface area contributed by atoms with E-state index in [4.69, 9.17) is 10.2 Å². The zero-order valence-electron chi connectivity index (χ0n) is 9.92. The zero-order chi connectivity index (χ0) is 13.1. The molecule has 96 valence electrons. The van der Waals surface area contributed by atoms with Gasteiger partial charge in [-0.1, -0.05) is 6.92 Å². The SMILES string of the molecule is CCC(N)CNc1nc2ccc([N+](=O)[O-])cc2o1. The Morgan fingerprint density at radius 2 is 2.39 bits per heavy atom. The first-order valence-electron chi connectivity index (χ1n) is 5.64. The van der Waals surface area contributed by atoms with Crippen LogP contribution in [-0.2, 0) is 0 Å². The minimum Gasteiger partial charge on any atom is -0.423 e. The Labute approximate surface area is 103 Å². The number of aromatic nitrogens is 1. The van der Waals surface area contributed by atoms with E-state index < -0.39 is 4.92 Å². The number of benzene rings is 1. The van der Waals surface area contributed by atoms with Gasteiger partial charge in [-0.25, -0.2) is 0 Å². The van der Waals surface area contributed by atoms with Crippen LogP contribution in [0.5, 0.6) is 0 Å². The van der Waals surface area contributed by atoms with Gasteiger partial charge in [0, 0.05) is 18.7 Å². The summed E-state index contributed by atoms with van der Waals surface area (Å²) in [4.78, 5) is 14.3. The lowest BCUT2D eigenvalue weighted by atomic mass is 10.2. The largest absolute Gasteiger partial charge is 0.423 e. The molecule has 1 aromatic carbocycles. The number of anilines is 1. The predicted octanol–water partition coefficient (Wildman–Crippen LogP) is 1.89. The van der Waals surface area contributed by atoms with Crippen molar-refractivity contribution in [3.63, 3.8) is 0 Å². The van der Waals surface area contributed by atoms with Crippen LogP contribution in [0.15, 0.2) is 22.6 Å². The Bertz CT molecular complexity index is 566. The number of hydrogen-bond donors (Lipinski definition) is 2. The fourth-order valence-electron chi connectivity index (χ4n) is 1.47. The van der Waals surface area contributed by atoms with E-state index in [2.05, 4.69) is 10.3 Å². The van der Waals surface area contributed by atoms with E-state index in [1.165, 1.54) is 12.1 Å². The fraction of sp³-hybridized carbons (Fsp3) is 0.364. The lowest BCUT2D eigenvalue weighted by Crippen LogP contribution is -2.28. The molecule has 2 rings (SSSR count). The van der Waals surface area contributed by atoms with Crippen molar-refractivity contribution >= 4 is 22.8 Å². The van der Waals surface area contributed by atoms with Gasteiger partial charge < -0.3 is 15.5 Å². The molecule has 1 heterocycles. The molecule has 0 spiro atoms. The van der Waals surface area contributed by atoms with E-state index in [0.717, 1.165) is 6.42 Å². The van der Waals surface area contributed by atoms with Crippen LogP contribution < -0.4 is 11.1 Å². The van der Waals surface area contributed by atoms with Crippen LogP contribution in [0.25, 0.3) is 11.1 Å². The number of nitrogens with one attached hydrogen (secondary N) is 1. The van der Waals surface area contributed by atoms with Crippen LogP contribution in [0, 0.1) is 10.1 Å². The van der Waals surface area contributed by atoms with E-state index in [1.54, 1.807) is 6.07 Å². The summed E-state index contributed by atoms with van der Waals surface area (Å²) in [6.07, 6.45) is 0.846. The Morgan fingerprint density at radius 3 is 3.06 bits per heavy atom. The van der Waals surface area contributed by atoms with E-state index in [-0.39, 0.29) is 11.7 Å². The van der Waals surface area contributed by atoms with Gasteiger partial charge in [-0.05, 0) is 12.5 Å². The van der Waals surface area contributed by atoms with Gasteiger partial charge in [0.15, 0.2) is 5.58 Å². The van der Waals surface area contributed by atoms with Crippen molar-refractivity contribution in [2.45, 2.75) is 19.4 Å². The molecule has 0 aliphatic rings. The highest BCUT2D eigenvalue weighted by Gasteiger charge is 2.11. The lowest BCUT2D eigenvalue weighted by molar-refractivity contribution is -0.384. The zero-order valence-corrected chi connectivity index (χ0v) is 9.92. The Balaban J connectivity index is 2.19. The summed E-state index contributed by atoms with van der Waals surface area (Å²) in [7, 11) is 0. The Kier molecular flexibility index (Phi) is 3.42. The fourth-order valence-corrected chi connectivity index (χ4v) is 1.47. The van der Waals surface area contributed by atoms with Crippen molar-refractivity contribution in [2.24, 2.45) is 5.73 Å². The summed E-state index contributed by atoms with van der Waals surface area (Å²) in [6.45, 7) is 2.53. The van der Waals surface area contributed by atoms with Gasteiger partial charge in [-0.15, -0.1) is 0 Å². The summed E-state index contributed by atoms with van der Waals surface area (Å²) in [6, 6.07) is 4.66. The second-order valence-electron chi connectivity index (χ2n) is 3.98. The molecular weight excluding hydrogens is 236 g/mol. The van der Waals surface area contributed by atoms with Crippen molar-refractivity contribution in [3.8, 4) is 0 Å². The van der Waals surface area contributed by atoms with Gasteiger partial charge in [0.1, 0.15) is 5.52 Å². The van der Waals surface area contributed by atoms with Crippen molar-refractivity contribution in [2.75, 3.05) is 11.9 Å². The van der Waals surface area contributed by atoms with Gasteiger partial charge in [0.25, 0.3) is 11.7 Å². The second-order valence-corrected chi connectivity index (χ2v) is 3.98. The third-order valence-corrected chi connectivity index (χ3v) is 2.62. The molecule has 0 amide bonds. The molecule has 0 bridgehead atoms. The molecule has 0 radical (unpaired) electrons. The van der Waals surface area contributed by atoms with E-state index in [9.17, 15) is 10.1 Å². The van der Waals surface area contributed by atoms with Gasteiger partial charge in [0.05, 0.1) is 11.0 Å². The molecule has 1 atom stereocenters. The Morgan fingerprint density at radius 1 is 1.61 bits per heavy atom. The molecule has 7 heteroatoms. The number of non-ortho nitro benzene ring substituents is 1. The molecule has 0 saturated heterocycles. The van der Waals surface area contributed by atoms with E-state index in [1.807, 2.05) is 6.92 Å². The van der Waals surface area contributed by atoms with Crippen molar-refractivity contribution in [1.82, 2.24) is 4.98 Å². The molecule has 0 aliphatic heterocycles. The quantitative estimate of drug-likeness (QED) is 0.619. The highest BCUT2D eigenvalue weighted by Crippen LogP contribution is 2.23. The van der Waals surface area contributed by atoms with Crippen molar-refractivity contribution < 1.29 is 9.34 Å². The van der Waals surface area contributed by atoms with Gasteiger partial charge in [-0.2, -0.15) is 4.98 Å². The molecule has 7 nitrogen and oxygen atoms in total. The number of nitrogens with zero attached hydrogens (tertiary/aromatic N) is 2. The summed E-state index contributed by atoms with van der Waals surface area (Å²) in [5.74, 6) is 0. The van der Waals surface area contributed by atoms with Crippen LogP contribution >= 0.6 is 0 Å². The highest BCUT2D eigenvalue weighted by molar-refractivity contribution is 5.77. The summed E-state index contributed by atoms with van der Waals surface area (Å²) >= 11 is 0. The molecule has 2 aromatic rings. The van der Waals surface area contributed by atoms with Crippen molar-refractivity contribution in [1.29, 1.82) is 0 Å². The molecule has 0 saturated carbocycles. The van der Waals surface area contributed by atoms with E-state index >= 15 is 0 Å². The number of nitro groups is 1. The molecular formula is C11H14N4O3. The minimum atomic E-state index is -0.470. The van der Waals surface area contributed by atoms with Gasteiger partial charge >= 0.3 is 0 Å². The number of rotatable bonds is 5. The number of oxazole rings is 1. The second kappa shape index (κ2) is 5.01. The molecule has 3 N–H and O–H groups in total. The number of nitro benzene ring substituents is 1. The third kappa shape index (κ3) is 2.57. The van der Waals surface area contributed by atoms with E-state index in [0.29, 0.717) is 23.7 Å². The summed E-state index contributed by atoms with van der Waals surface area (Å²) in [5.41, 5.74) is 6.70. The van der Waals surface area contributed by atoms with Crippen molar-refractivity contribution in [3.05, 3.63) is 28.3 Å². The Hall–Kier alpha value is -2.15. The summed E-state index contributed by atoms with van der Waals surface area (Å²) < 4.78 is 5.37. The first-order chi connectivity index (χ1) is 8.60. The monoisotopic (exact) mass is 250 g/mol. The number of nitrogens with two attached hydrogens (primary N) is 1. The minimum absolute atomic E-state index is 0.0181. The normalized spacial score (nSPS) is 12.6. The average Bonchev–Trinajstić information content (AvgIpc) is 2.77. The third-order valence-electron chi connectivity index (χ3n) is 2.62. The first-order valence-corrected chi connectivity index (χ1v) is 5.64. The smallest absolute Gasteiger partial charge is 0.295 e. The maximum atomic E-state index is 10.6. The summed E-state index contributed by atoms with van der Waals surface area (Å²) in [5, 5.41) is 13.6. The van der Waals surface area contributed by atoms with Gasteiger partial charge in [0.2, 0.25) is 0 Å². The van der Waals surface area contributed by atoms with Crippen LogP contribution in [0.1, 0.15) is 13.3 Å². The maximum absolute atomic E-state index is 10.6. The van der Waals surface area contributed by atoms with Crippen LogP contribution in [0.2, 0.25) is 0 Å². The molecule has 0 aliphatic carbocycles. The van der Waals surface area contributed by atoms with Crippen LogP contribution in [-0.4, -0.2) is 22.5 Å². The molecule has 0 fully saturated rings. The highest BCUT2D eigenvalue weighted by atomic mass is 16.6. The maximum Gasteiger partial charge on any atom is 0.295 e. The van der Waals surface area contributed by atoms with Gasteiger partial charge in [-0.3, -0.25) is 10.1 Å². The molecule has 1 unspecified atom stereocenters. The number of fused-ring (bicyclic) bond motifs is 1. The average molecular weight is 250 g/mol. The van der Waals surface area contributed by atoms with Crippen LogP contribution in [0.3, 0.4) is 0 Å². The first kappa shape index (κ1) is 12.3. The predicted molar refractivity (Wildman–Crippen MR) is 67.4 cm³/mol. The topological polar surface area (TPSA) is 107 Å². The molecule has 1 aromatic heterocycles. The molecule has 18 heavy (non-hydrogen) atoms. The standard InChI is InChI=1S/C11H14N4O3/c1-2-7(12)6-13-11-14-9-4-3-8(15(16)17)5-10(9)18-11/h3-5,7H,2,6,12H2,1H3,(H,13,14). The lowest BCUT2D eigenvalue weighted by Gasteiger charge is -2.07.